The molecule has 1 N–H and O–H groups in total. The van der Waals surface area contributed by atoms with Crippen LogP contribution < -0.4 is 5.32 Å². The van der Waals surface area contributed by atoms with Gasteiger partial charge < -0.3 is 10.1 Å². The summed E-state index contributed by atoms with van der Waals surface area (Å²) in [5.41, 5.74) is 3.01. The lowest BCUT2D eigenvalue weighted by Gasteiger charge is -2.21. The molecule has 1 aliphatic heterocycles. The van der Waals surface area contributed by atoms with Crippen molar-refractivity contribution in [3.8, 4) is 0 Å². The number of nitrogens with zero attached hydrogens (tertiary/aromatic N) is 1. The van der Waals surface area contributed by atoms with Crippen molar-refractivity contribution in [3.05, 3.63) is 94.0 Å². The molecule has 0 aliphatic carbocycles. The minimum Gasteiger partial charge on any atom is -0.444 e. The smallest absolute Gasteiger partial charge is 0.339 e. The zero-order valence-corrected chi connectivity index (χ0v) is 23.0. The number of aryl methyl sites for hydroxylation is 2. The van der Waals surface area contributed by atoms with E-state index >= 15 is 0 Å². The van der Waals surface area contributed by atoms with E-state index in [1.807, 2.05) is 32.0 Å². The molecule has 1 saturated heterocycles. The highest BCUT2D eigenvalue weighted by Gasteiger charge is 2.30. The van der Waals surface area contributed by atoms with Crippen molar-refractivity contribution in [3.63, 3.8) is 0 Å². The van der Waals surface area contributed by atoms with Gasteiger partial charge in [-0.3, -0.25) is 4.79 Å². The largest absolute Gasteiger partial charge is 0.444 e. The lowest BCUT2D eigenvalue weighted by atomic mass is 10.1. The molecule has 9 heteroatoms. The molecule has 1 aliphatic rings. The maximum Gasteiger partial charge on any atom is 0.339 e. The van der Waals surface area contributed by atoms with Crippen LogP contribution in [-0.2, 0) is 19.6 Å². The number of hydrogen-bond acceptors (Lipinski definition) is 5. The van der Waals surface area contributed by atoms with Crippen molar-refractivity contribution in [2.24, 2.45) is 0 Å². The van der Waals surface area contributed by atoms with Gasteiger partial charge in [0.1, 0.15) is 4.90 Å². The fraction of sp³-hybridized carbons (Fsp3) is 0.310. The van der Waals surface area contributed by atoms with Crippen molar-refractivity contribution in [1.29, 1.82) is 0 Å². The number of carbonyl (C=O) groups excluding carboxylic acids is 2. The molecule has 4 rings (SSSR count). The Hall–Kier alpha value is -3.20. The van der Waals surface area contributed by atoms with Crippen LogP contribution in [0.4, 0.5) is 5.69 Å². The Morgan fingerprint density at radius 2 is 1.53 bits per heavy atom. The Morgan fingerprint density at radius 3 is 2.16 bits per heavy atom. The van der Waals surface area contributed by atoms with Crippen LogP contribution in [0.5, 0.6) is 0 Å². The van der Waals surface area contributed by atoms with Gasteiger partial charge in [-0.1, -0.05) is 60.8 Å². The van der Waals surface area contributed by atoms with Gasteiger partial charge in [-0.25, -0.2) is 13.2 Å². The first-order valence-corrected chi connectivity index (χ1v) is 14.4. The zero-order chi connectivity index (χ0) is 27.3. The highest BCUT2D eigenvalue weighted by Crippen LogP contribution is 2.29. The minimum absolute atomic E-state index is 0.0112. The van der Waals surface area contributed by atoms with Crippen LogP contribution in [0.1, 0.15) is 58.8 Å². The summed E-state index contributed by atoms with van der Waals surface area (Å²) >= 11 is 6.29. The molecule has 1 unspecified atom stereocenters. The van der Waals surface area contributed by atoms with E-state index in [9.17, 15) is 18.0 Å². The zero-order valence-electron chi connectivity index (χ0n) is 21.4. The predicted octanol–water partition coefficient (Wildman–Crippen LogP) is 6.06. The lowest BCUT2D eigenvalue weighted by molar-refractivity contribution is -0.125. The molecule has 3 aromatic rings. The fourth-order valence-electron chi connectivity index (χ4n) is 4.58. The van der Waals surface area contributed by atoms with Gasteiger partial charge in [-0.15, -0.1) is 0 Å². The summed E-state index contributed by atoms with van der Waals surface area (Å²) in [6.07, 6.45) is 2.22. The SMILES string of the molecule is Cc1cc(C)cc(NC(=O)C(OC(=O)c2ccc(Cl)c(S(=O)(=O)N3CCCCCC3)c2)c2ccccc2)c1. The molecule has 38 heavy (non-hydrogen) atoms. The first-order chi connectivity index (χ1) is 18.1. The number of carbonyl (C=O) groups is 2. The Bertz CT molecular complexity index is 1400. The molecule has 1 fully saturated rings. The van der Waals surface area contributed by atoms with E-state index in [2.05, 4.69) is 5.32 Å². The number of ether oxygens (including phenoxy) is 1. The minimum atomic E-state index is -3.90. The van der Waals surface area contributed by atoms with E-state index in [0.717, 1.165) is 36.8 Å². The third-order valence-corrected chi connectivity index (χ3v) is 8.78. The normalized spacial score (nSPS) is 15.3. The molecular weight excluding hydrogens is 524 g/mol. The maximum absolute atomic E-state index is 13.4. The van der Waals surface area contributed by atoms with Gasteiger partial charge in [0, 0.05) is 24.3 Å². The van der Waals surface area contributed by atoms with Gasteiger partial charge in [0.05, 0.1) is 10.6 Å². The molecule has 7 nitrogen and oxygen atoms in total. The van der Waals surface area contributed by atoms with E-state index in [4.69, 9.17) is 16.3 Å². The number of esters is 1. The van der Waals surface area contributed by atoms with Crippen molar-refractivity contribution < 1.29 is 22.7 Å². The number of anilines is 1. The first-order valence-electron chi connectivity index (χ1n) is 12.6. The number of benzene rings is 3. The van der Waals surface area contributed by atoms with Crippen molar-refractivity contribution in [1.82, 2.24) is 4.31 Å². The predicted molar refractivity (Wildman–Crippen MR) is 148 cm³/mol. The molecule has 0 aromatic heterocycles. The van der Waals surface area contributed by atoms with Crippen LogP contribution in [0, 0.1) is 13.8 Å². The summed E-state index contributed by atoms with van der Waals surface area (Å²) in [6, 6.07) is 18.3. The molecule has 0 bridgehead atoms. The second-order valence-electron chi connectivity index (χ2n) is 9.53. The molecule has 0 radical (unpaired) electrons. The van der Waals surface area contributed by atoms with Gasteiger partial charge in [-0.05, 0) is 68.1 Å². The number of nitrogens with one attached hydrogen (secondary N) is 1. The van der Waals surface area contributed by atoms with E-state index < -0.39 is 28.0 Å². The van der Waals surface area contributed by atoms with Gasteiger partial charge in [0.15, 0.2) is 0 Å². The monoisotopic (exact) mass is 554 g/mol. The van der Waals surface area contributed by atoms with Crippen LogP contribution in [0.25, 0.3) is 0 Å². The van der Waals surface area contributed by atoms with E-state index in [0.29, 0.717) is 24.3 Å². The summed E-state index contributed by atoms with van der Waals surface area (Å²) in [4.78, 5) is 26.4. The second kappa shape index (κ2) is 12.1. The quantitative estimate of drug-likeness (QED) is 0.358. The summed E-state index contributed by atoms with van der Waals surface area (Å²) in [5.74, 6) is -1.36. The molecule has 0 saturated carbocycles. The van der Waals surface area contributed by atoms with E-state index in [1.54, 1.807) is 30.3 Å². The Labute approximate surface area is 228 Å². The van der Waals surface area contributed by atoms with Gasteiger partial charge in [0.25, 0.3) is 5.91 Å². The average molecular weight is 555 g/mol. The third-order valence-electron chi connectivity index (χ3n) is 6.40. The summed E-state index contributed by atoms with van der Waals surface area (Å²) in [6.45, 7) is 4.66. The van der Waals surface area contributed by atoms with E-state index in [1.165, 1.54) is 22.5 Å². The molecule has 0 spiro atoms. The fourth-order valence-corrected chi connectivity index (χ4v) is 6.60. The summed E-state index contributed by atoms with van der Waals surface area (Å²) < 4.78 is 33.8. The van der Waals surface area contributed by atoms with Crippen molar-refractivity contribution >= 4 is 39.2 Å². The molecule has 1 atom stereocenters. The van der Waals surface area contributed by atoms with Crippen molar-refractivity contribution in [2.45, 2.75) is 50.5 Å². The van der Waals surface area contributed by atoms with Crippen LogP contribution >= 0.6 is 11.6 Å². The number of rotatable bonds is 7. The van der Waals surface area contributed by atoms with Crippen molar-refractivity contribution in [2.75, 3.05) is 18.4 Å². The highest BCUT2D eigenvalue weighted by molar-refractivity contribution is 7.89. The molecule has 1 heterocycles. The molecule has 1 amide bonds. The van der Waals surface area contributed by atoms with Gasteiger partial charge in [0.2, 0.25) is 16.1 Å². The highest BCUT2D eigenvalue weighted by atomic mass is 35.5. The molecular formula is C29H31ClN2O5S. The lowest BCUT2D eigenvalue weighted by Crippen LogP contribution is -2.32. The number of halogens is 1. The Morgan fingerprint density at radius 1 is 0.895 bits per heavy atom. The second-order valence-corrected chi connectivity index (χ2v) is 11.8. The van der Waals surface area contributed by atoms with Crippen LogP contribution in [0.3, 0.4) is 0 Å². The average Bonchev–Trinajstić information content (AvgIpc) is 3.17. The first kappa shape index (κ1) is 27.8. The summed E-state index contributed by atoms with van der Waals surface area (Å²) in [5, 5.41) is 2.86. The number of sulfonamides is 1. The molecule has 200 valence electrons. The van der Waals surface area contributed by atoms with Gasteiger partial charge in [-0.2, -0.15) is 4.31 Å². The number of hydrogen-bond donors (Lipinski definition) is 1. The third kappa shape index (κ3) is 6.62. The van der Waals surface area contributed by atoms with Gasteiger partial charge >= 0.3 is 5.97 Å². The van der Waals surface area contributed by atoms with Crippen LogP contribution in [-0.4, -0.2) is 37.7 Å². The Kier molecular flexibility index (Phi) is 8.87. The standard InChI is InChI=1S/C29H31ClN2O5S/c1-20-16-21(2)18-24(17-20)31-28(33)27(22-10-6-5-7-11-22)37-29(34)23-12-13-25(30)26(19-23)38(35,36)32-14-8-3-4-9-15-32/h5-7,10-13,16-19,27H,3-4,8-9,14-15H2,1-2H3,(H,31,33). The maximum atomic E-state index is 13.4. The molecule has 3 aromatic carbocycles. The summed E-state index contributed by atoms with van der Waals surface area (Å²) in [7, 11) is -3.90. The van der Waals surface area contributed by atoms with Crippen LogP contribution in [0.2, 0.25) is 5.02 Å². The Balaban J connectivity index is 1.61. The van der Waals surface area contributed by atoms with E-state index in [-0.39, 0.29) is 15.5 Å². The number of amides is 1. The van der Waals surface area contributed by atoms with Crippen LogP contribution in [0.15, 0.2) is 71.6 Å². The topological polar surface area (TPSA) is 92.8 Å².